The quantitative estimate of drug-likeness (QED) is 0.677. The molecule has 0 N–H and O–H groups in total. The lowest BCUT2D eigenvalue weighted by atomic mass is 10.1. The SMILES string of the molecule is CN1C2CN(C(=O)OCC3=CCCC=C3)CC21. The summed E-state index contributed by atoms with van der Waals surface area (Å²) < 4.78 is 5.32. The Morgan fingerprint density at radius 3 is 2.82 bits per heavy atom. The molecule has 92 valence electrons. The van der Waals surface area contributed by atoms with Crippen LogP contribution in [0.25, 0.3) is 0 Å². The molecule has 2 fully saturated rings. The van der Waals surface area contributed by atoms with Crippen molar-refractivity contribution >= 4 is 6.09 Å². The normalized spacial score (nSPS) is 34.3. The molecule has 0 bridgehead atoms. The molecule has 0 aromatic heterocycles. The summed E-state index contributed by atoms with van der Waals surface area (Å²) in [5.74, 6) is 0. The third-order valence-electron chi connectivity index (χ3n) is 3.91. The first kappa shape index (κ1) is 10.8. The monoisotopic (exact) mass is 234 g/mol. The Balaban J connectivity index is 1.45. The van der Waals surface area contributed by atoms with Crippen LogP contribution in [0.2, 0.25) is 0 Å². The highest BCUT2D eigenvalue weighted by Crippen LogP contribution is 2.33. The Hall–Kier alpha value is -1.29. The minimum Gasteiger partial charge on any atom is -0.445 e. The second-order valence-electron chi connectivity index (χ2n) is 5.02. The second-order valence-corrected chi connectivity index (χ2v) is 5.02. The van der Waals surface area contributed by atoms with E-state index in [4.69, 9.17) is 4.74 Å². The fourth-order valence-electron chi connectivity index (χ4n) is 2.66. The number of carbonyl (C=O) groups is 1. The maximum atomic E-state index is 11.8. The highest BCUT2D eigenvalue weighted by molar-refractivity contribution is 5.69. The zero-order chi connectivity index (χ0) is 11.8. The highest BCUT2D eigenvalue weighted by atomic mass is 16.6. The number of allylic oxidation sites excluding steroid dienone is 2. The maximum Gasteiger partial charge on any atom is 0.410 e. The van der Waals surface area contributed by atoms with Gasteiger partial charge in [0.15, 0.2) is 0 Å². The first-order valence-corrected chi connectivity index (χ1v) is 6.25. The van der Waals surface area contributed by atoms with Crippen molar-refractivity contribution in [3.63, 3.8) is 0 Å². The number of likely N-dealkylation sites (tertiary alicyclic amines) is 1. The maximum absolute atomic E-state index is 11.8. The van der Waals surface area contributed by atoms with E-state index in [-0.39, 0.29) is 6.09 Å². The molecule has 0 aromatic carbocycles. The standard InChI is InChI=1S/C13H18N2O2/c1-14-11-7-15(8-12(11)14)13(16)17-9-10-5-3-2-4-6-10/h3,5-6,11-12H,2,4,7-9H2,1H3. The lowest BCUT2D eigenvalue weighted by Gasteiger charge is -2.19. The average Bonchev–Trinajstić information content (AvgIpc) is 2.81. The lowest BCUT2D eigenvalue weighted by molar-refractivity contribution is 0.112. The van der Waals surface area contributed by atoms with Crippen LogP contribution < -0.4 is 0 Å². The van der Waals surface area contributed by atoms with Crippen LogP contribution >= 0.6 is 0 Å². The molecule has 2 unspecified atom stereocenters. The fourth-order valence-corrected chi connectivity index (χ4v) is 2.66. The van der Waals surface area contributed by atoms with Crippen molar-refractivity contribution in [3.05, 3.63) is 23.8 Å². The minimum absolute atomic E-state index is 0.162. The molecule has 2 heterocycles. The number of fused-ring (bicyclic) bond motifs is 1. The van der Waals surface area contributed by atoms with E-state index >= 15 is 0 Å². The van der Waals surface area contributed by atoms with Gasteiger partial charge in [0.25, 0.3) is 0 Å². The topological polar surface area (TPSA) is 32.5 Å². The molecule has 0 aromatic rings. The van der Waals surface area contributed by atoms with Gasteiger partial charge in [-0.05, 0) is 25.5 Å². The first-order valence-electron chi connectivity index (χ1n) is 6.25. The molecule has 0 radical (unpaired) electrons. The smallest absolute Gasteiger partial charge is 0.410 e. The fraction of sp³-hybridized carbons (Fsp3) is 0.615. The van der Waals surface area contributed by atoms with Crippen LogP contribution in [0.4, 0.5) is 4.79 Å². The number of nitrogens with zero attached hydrogens (tertiary/aromatic N) is 2. The molecule has 4 heteroatoms. The van der Waals surface area contributed by atoms with Crippen molar-refractivity contribution in [2.75, 3.05) is 26.7 Å². The number of amides is 1. The van der Waals surface area contributed by atoms with Gasteiger partial charge in [-0.1, -0.05) is 18.2 Å². The van der Waals surface area contributed by atoms with Gasteiger partial charge in [0.2, 0.25) is 0 Å². The van der Waals surface area contributed by atoms with Gasteiger partial charge in [-0.2, -0.15) is 0 Å². The third-order valence-corrected chi connectivity index (χ3v) is 3.91. The summed E-state index contributed by atoms with van der Waals surface area (Å²) in [5.41, 5.74) is 1.12. The summed E-state index contributed by atoms with van der Waals surface area (Å²) in [5, 5.41) is 0. The summed E-state index contributed by atoms with van der Waals surface area (Å²) >= 11 is 0. The van der Waals surface area contributed by atoms with Crippen molar-refractivity contribution < 1.29 is 9.53 Å². The summed E-state index contributed by atoms with van der Waals surface area (Å²) in [6, 6.07) is 1.16. The van der Waals surface area contributed by atoms with Gasteiger partial charge in [-0.15, -0.1) is 0 Å². The lowest BCUT2D eigenvalue weighted by Crippen LogP contribution is -2.34. The Morgan fingerprint density at radius 1 is 1.41 bits per heavy atom. The van der Waals surface area contributed by atoms with Gasteiger partial charge in [-0.3, -0.25) is 4.90 Å². The molecule has 0 saturated carbocycles. The van der Waals surface area contributed by atoms with E-state index < -0.39 is 0 Å². The van der Waals surface area contributed by atoms with Crippen LogP contribution in [-0.2, 0) is 4.74 Å². The highest BCUT2D eigenvalue weighted by Gasteiger charge is 2.52. The number of likely N-dealkylation sites (N-methyl/N-ethyl adjacent to an activating group) is 1. The van der Waals surface area contributed by atoms with Crippen molar-refractivity contribution in [2.45, 2.75) is 24.9 Å². The van der Waals surface area contributed by atoms with E-state index in [0.717, 1.165) is 31.5 Å². The van der Waals surface area contributed by atoms with Crippen LogP contribution in [0, 0.1) is 0 Å². The molecule has 17 heavy (non-hydrogen) atoms. The van der Waals surface area contributed by atoms with E-state index in [1.54, 1.807) is 0 Å². The van der Waals surface area contributed by atoms with Crippen LogP contribution in [-0.4, -0.2) is 54.7 Å². The molecule has 3 aliphatic rings. The molecule has 2 aliphatic heterocycles. The molecule has 4 nitrogen and oxygen atoms in total. The Morgan fingerprint density at radius 2 is 2.18 bits per heavy atom. The van der Waals surface area contributed by atoms with Crippen molar-refractivity contribution in [1.29, 1.82) is 0 Å². The number of carbonyl (C=O) groups excluding carboxylic acids is 1. The van der Waals surface area contributed by atoms with E-state index in [1.807, 2.05) is 11.0 Å². The summed E-state index contributed by atoms with van der Waals surface area (Å²) in [6.07, 6.45) is 8.31. The van der Waals surface area contributed by atoms with Gasteiger partial charge in [0.1, 0.15) is 6.61 Å². The number of hydrogen-bond acceptors (Lipinski definition) is 3. The van der Waals surface area contributed by atoms with E-state index in [0.29, 0.717) is 18.7 Å². The number of rotatable bonds is 2. The van der Waals surface area contributed by atoms with Crippen molar-refractivity contribution in [2.24, 2.45) is 0 Å². The summed E-state index contributed by atoms with van der Waals surface area (Å²) in [4.78, 5) is 15.9. The average molecular weight is 234 g/mol. The van der Waals surface area contributed by atoms with Crippen LogP contribution in [0.3, 0.4) is 0 Å². The predicted molar refractivity (Wildman–Crippen MR) is 64.7 cm³/mol. The van der Waals surface area contributed by atoms with Gasteiger partial charge >= 0.3 is 6.09 Å². The van der Waals surface area contributed by atoms with Gasteiger partial charge < -0.3 is 9.64 Å². The zero-order valence-corrected chi connectivity index (χ0v) is 10.1. The Bertz CT molecular complexity index is 377. The minimum atomic E-state index is -0.162. The predicted octanol–water partition coefficient (Wildman–Crippen LogP) is 1.40. The first-order chi connectivity index (χ1) is 8.25. The van der Waals surface area contributed by atoms with Crippen molar-refractivity contribution in [3.8, 4) is 0 Å². The van der Waals surface area contributed by atoms with Crippen LogP contribution in [0.5, 0.6) is 0 Å². The van der Waals surface area contributed by atoms with E-state index in [2.05, 4.69) is 24.1 Å². The largest absolute Gasteiger partial charge is 0.445 e. The summed E-state index contributed by atoms with van der Waals surface area (Å²) in [6.45, 7) is 2.07. The molecular weight excluding hydrogens is 216 g/mol. The van der Waals surface area contributed by atoms with Crippen LogP contribution in [0.1, 0.15) is 12.8 Å². The molecule has 3 rings (SSSR count). The van der Waals surface area contributed by atoms with Gasteiger partial charge in [0, 0.05) is 25.2 Å². The third kappa shape index (κ3) is 2.09. The Labute approximate surface area is 102 Å². The molecule has 0 spiro atoms. The molecule has 2 atom stereocenters. The van der Waals surface area contributed by atoms with E-state index in [1.165, 1.54) is 0 Å². The van der Waals surface area contributed by atoms with Crippen molar-refractivity contribution in [1.82, 2.24) is 9.80 Å². The van der Waals surface area contributed by atoms with E-state index in [9.17, 15) is 4.79 Å². The van der Waals surface area contributed by atoms with Gasteiger partial charge in [0.05, 0.1) is 0 Å². The number of ether oxygens (including phenoxy) is 1. The Kier molecular flexibility index (Phi) is 2.67. The molecular formula is C13H18N2O2. The zero-order valence-electron chi connectivity index (χ0n) is 10.1. The molecule has 1 aliphatic carbocycles. The second kappa shape index (κ2) is 4.18. The number of hydrogen-bond donors (Lipinski definition) is 0. The number of piperazine rings is 1. The molecule has 2 saturated heterocycles. The van der Waals surface area contributed by atoms with Crippen LogP contribution in [0.15, 0.2) is 23.8 Å². The van der Waals surface area contributed by atoms with Gasteiger partial charge in [-0.25, -0.2) is 4.79 Å². The molecule has 1 amide bonds. The summed E-state index contributed by atoms with van der Waals surface area (Å²) in [7, 11) is 2.11.